The maximum Gasteiger partial charge on any atom is 0.251 e. The molecule has 0 aliphatic carbocycles. The van der Waals surface area contributed by atoms with Gasteiger partial charge < -0.3 is 15.7 Å². The molecule has 3 atom stereocenters. The minimum atomic E-state index is -1.34. The van der Waals surface area contributed by atoms with Crippen molar-refractivity contribution in [3.8, 4) is 11.4 Å². The molecule has 0 spiro atoms. The lowest BCUT2D eigenvalue weighted by molar-refractivity contribution is -0.145. The molecule has 0 radical (unpaired) electrons. The van der Waals surface area contributed by atoms with Crippen molar-refractivity contribution >= 4 is 5.91 Å². The molecule has 3 N–H and O–H groups in total. The lowest BCUT2D eigenvalue weighted by Gasteiger charge is -2.40. The van der Waals surface area contributed by atoms with Gasteiger partial charge in [0, 0.05) is 12.6 Å². The second-order valence-electron chi connectivity index (χ2n) is 10.2. The topological polar surface area (TPSA) is 97.3 Å². The van der Waals surface area contributed by atoms with Crippen LogP contribution in [0.25, 0.3) is 11.4 Å². The second kappa shape index (κ2) is 11.9. The summed E-state index contributed by atoms with van der Waals surface area (Å²) in [7, 11) is 0. The van der Waals surface area contributed by atoms with Crippen LogP contribution in [0.2, 0.25) is 0 Å². The van der Waals surface area contributed by atoms with E-state index < -0.39 is 47.8 Å². The first-order valence-corrected chi connectivity index (χ1v) is 12.2. The van der Waals surface area contributed by atoms with Gasteiger partial charge in [-0.05, 0) is 42.5 Å². The number of amides is 1. The van der Waals surface area contributed by atoms with E-state index >= 15 is 0 Å². The van der Waals surface area contributed by atoms with Crippen LogP contribution < -0.4 is 5.73 Å². The zero-order chi connectivity index (χ0) is 27.3. The molecule has 0 bridgehead atoms. The Hall–Kier alpha value is -3.24. The third-order valence-corrected chi connectivity index (χ3v) is 6.00. The average Bonchev–Trinajstić information content (AvgIpc) is 3.24. The molecule has 0 saturated heterocycles. The number of hydrogen-bond donors (Lipinski definition) is 2. The van der Waals surface area contributed by atoms with Crippen LogP contribution in [0, 0.1) is 17.0 Å². The number of halogens is 3. The number of carbonyl (C=O) groups is 1. The monoisotopic (exact) mass is 517 g/mol. The quantitative estimate of drug-likeness (QED) is 0.419. The molecule has 1 unspecified atom stereocenters. The predicted octanol–water partition coefficient (Wildman–Crippen LogP) is 4.26. The van der Waals surface area contributed by atoms with Crippen LogP contribution in [0.3, 0.4) is 0 Å². The van der Waals surface area contributed by atoms with Crippen molar-refractivity contribution in [1.29, 1.82) is 0 Å². The number of nitrogens with two attached hydrogens (primary N) is 1. The van der Waals surface area contributed by atoms with Gasteiger partial charge in [-0.1, -0.05) is 51.1 Å². The molecule has 1 amide bonds. The maximum atomic E-state index is 14.7. The number of carbonyl (C=O) groups excluding carboxylic acids is 1. The van der Waals surface area contributed by atoms with Crippen LogP contribution in [-0.2, 0) is 11.3 Å². The van der Waals surface area contributed by atoms with E-state index in [4.69, 9.17) is 5.73 Å². The summed E-state index contributed by atoms with van der Waals surface area (Å²) in [5.74, 6) is -1.64. The van der Waals surface area contributed by atoms with E-state index in [-0.39, 0.29) is 30.9 Å². The van der Waals surface area contributed by atoms with Crippen LogP contribution >= 0.6 is 0 Å². The smallest absolute Gasteiger partial charge is 0.251 e. The Kier molecular flexibility index (Phi) is 9.09. The van der Waals surface area contributed by atoms with Crippen LogP contribution in [-0.4, -0.2) is 56.0 Å². The van der Waals surface area contributed by atoms with Crippen molar-refractivity contribution < 1.29 is 23.1 Å². The molecule has 1 heterocycles. The van der Waals surface area contributed by atoms with Gasteiger partial charge in [-0.25, -0.2) is 22.8 Å². The minimum absolute atomic E-state index is 0.0397. The van der Waals surface area contributed by atoms with E-state index in [0.717, 1.165) is 23.8 Å². The molecule has 0 aliphatic heterocycles. The molecule has 2 aromatic carbocycles. The third kappa shape index (κ3) is 6.95. The molecule has 1 aromatic heterocycles. The minimum Gasteiger partial charge on any atom is -0.384 e. The Bertz CT molecular complexity index is 1190. The summed E-state index contributed by atoms with van der Waals surface area (Å²) in [5, 5.41) is 14.7. The summed E-state index contributed by atoms with van der Waals surface area (Å²) in [6.45, 7) is 6.56. The maximum absolute atomic E-state index is 14.7. The number of hydrogen-bond acceptors (Lipinski definition) is 5. The van der Waals surface area contributed by atoms with Crippen molar-refractivity contribution in [1.82, 2.24) is 19.7 Å². The first kappa shape index (κ1) is 28.3. The largest absolute Gasteiger partial charge is 0.384 e. The Morgan fingerprint density at radius 2 is 1.84 bits per heavy atom. The molecular weight excluding hydrogens is 483 g/mol. The summed E-state index contributed by atoms with van der Waals surface area (Å²) in [6, 6.07) is 10.9. The Balaban J connectivity index is 2.21. The Morgan fingerprint density at radius 1 is 1.16 bits per heavy atom. The van der Waals surface area contributed by atoms with Gasteiger partial charge in [0.2, 0.25) is 0 Å². The van der Waals surface area contributed by atoms with Crippen molar-refractivity contribution in [2.45, 2.75) is 58.8 Å². The van der Waals surface area contributed by atoms with Crippen LogP contribution in [0.15, 0.2) is 48.5 Å². The normalized spacial score (nSPS) is 14.3. The fraction of sp³-hybridized carbons (Fsp3) is 0.444. The van der Waals surface area contributed by atoms with Crippen LogP contribution in [0.4, 0.5) is 13.2 Å². The molecule has 0 saturated carbocycles. The van der Waals surface area contributed by atoms with Crippen LogP contribution in [0.1, 0.15) is 51.5 Å². The van der Waals surface area contributed by atoms with E-state index in [1.807, 2.05) is 51.1 Å². The summed E-state index contributed by atoms with van der Waals surface area (Å²) < 4.78 is 43.4. The van der Waals surface area contributed by atoms with Crippen molar-refractivity contribution in [2.75, 3.05) is 13.2 Å². The summed E-state index contributed by atoms with van der Waals surface area (Å²) in [4.78, 5) is 19.3. The number of aromatic nitrogens is 3. The highest BCUT2D eigenvalue weighted by Gasteiger charge is 2.40. The molecule has 10 heteroatoms. The highest BCUT2D eigenvalue weighted by Crippen LogP contribution is 2.39. The second-order valence-corrected chi connectivity index (χ2v) is 10.2. The molecule has 3 aromatic rings. The number of benzene rings is 2. The van der Waals surface area contributed by atoms with E-state index in [1.54, 1.807) is 4.68 Å². The van der Waals surface area contributed by atoms with Crippen molar-refractivity contribution in [3.63, 3.8) is 0 Å². The number of aliphatic hydroxyl groups is 1. The zero-order valence-electron chi connectivity index (χ0n) is 21.5. The molecule has 0 aliphatic rings. The third-order valence-electron chi connectivity index (χ3n) is 6.00. The fourth-order valence-corrected chi connectivity index (χ4v) is 4.19. The summed E-state index contributed by atoms with van der Waals surface area (Å²) >= 11 is 0. The van der Waals surface area contributed by atoms with Gasteiger partial charge in [-0.2, -0.15) is 5.10 Å². The van der Waals surface area contributed by atoms with Gasteiger partial charge >= 0.3 is 0 Å². The number of nitrogens with zero attached hydrogens (tertiary/aromatic N) is 4. The van der Waals surface area contributed by atoms with Gasteiger partial charge in [0.05, 0.1) is 18.2 Å². The van der Waals surface area contributed by atoms with E-state index in [1.165, 1.54) is 11.8 Å². The van der Waals surface area contributed by atoms with Gasteiger partial charge in [-0.3, -0.25) is 4.79 Å². The average molecular weight is 518 g/mol. The molecular formula is C27H34F3N5O2. The van der Waals surface area contributed by atoms with E-state index in [0.29, 0.717) is 5.82 Å². The lowest BCUT2D eigenvalue weighted by atomic mass is 9.84. The van der Waals surface area contributed by atoms with E-state index in [9.17, 15) is 23.1 Å². The first-order chi connectivity index (χ1) is 17.4. The summed E-state index contributed by atoms with van der Waals surface area (Å²) in [6.07, 6.45) is -1.18. The molecule has 200 valence electrons. The van der Waals surface area contributed by atoms with Crippen molar-refractivity contribution in [3.05, 3.63) is 71.6 Å². The SMILES string of the molecule is C[C@H](O)C(=O)N(CCC(N)CF)[C@@H](c1nc(-c2cc(F)ccc2F)nn1Cc1ccccc1)C(C)(C)C. The molecule has 3 rings (SSSR count). The van der Waals surface area contributed by atoms with Gasteiger partial charge in [0.1, 0.15) is 24.4 Å². The Labute approximate surface area is 215 Å². The highest BCUT2D eigenvalue weighted by molar-refractivity contribution is 5.80. The fourth-order valence-electron chi connectivity index (χ4n) is 4.19. The predicted molar refractivity (Wildman–Crippen MR) is 135 cm³/mol. The zero-order valence-corrected chi connectivity index (χ0v) is 21.5. The first-order valence-electron chi connectivity index (χ1n) is 12.2. The molecule has 37 heavy (non-hydrogen) atoms. The van der Waals surface area contributed by atoms with Gasteiger partial charge in [0.15, 0.2) is 11.6 Å². The number of rotatable bonds is 10. The highest BCUT2D eigenvalue weighted by atomic mass is 19.1. The van der Waals surface area contributed by atoms with Crippen molar-refractivity contribution in [2.24, 2.45) is 11.1 Å². The standard InChI is InChI=1S/C27H34F3N5O2/c1-17(36)26(37)34(13-12-20(31)15-28)23(27(2,3)4)25-32-24(21-14-19(29)10-11-22(21)30)33-35(25)16-18-8-6-5-7-9-18/h5-11,14,17,20,23,36H,12-13,15-16,31H2,1-4H3/t17-,20?,23-/m0/s1. The molecule has 0 fully saturated rings. The number of alkyl halides is 1. The van der Waals surface area contributed by atoms with Gasteiger partial charge in [0.25, 0.3) is 5.91 Å². The molecule has 7 nitrogen and oxygen atoms in total. The van der Waals surface area contributed by atoms with E-state index in [2.05, 4.69) is 10.1 Å². The van der Waals surface area contributed by atoms with Crippen LogP contribution in [0.5, 0.6) is 0 Å². The summed E-state index contributed by atoms with van der Waals surface area (Å²) in [5.41, 5.74) is 5.91. The van der Waals surface area contributed by atoms with Gasteiger partial charge in [-0.15, -0.1) is 0 Å². The Morgan fingerprint density at radius 3 is 2.43 bits per heavy atom. The lowest BCUT2D eigenvalue weighted by Crippen LogP contribution is -2.47. The number of aliphatic hydroxyl groups excluding tert-OH is 1.